The maximum Gasteiger partial charge on any atom is 0.519 e. The Morgan fingerprint density at radius 2 is 1.81 bits per heavy atom. The molecule has 1 aliphatic heterocycles. The second-order valence-corrected chi connectivity index (χ2v) is 18.2. The van der Waals surface area contributed by atoms with Gasteiger partial charge in [-0.3, -0.25) is 14.9 Å². The Hall–Kier alpha value is -5.31. The van der Waals surface area contributed by atoms with Gasteiger partial charge in [0.25, 0.3) is 0 Å². The van der Waals surface area contributed by atoms with Crippen LogP contribution in [0.5, 0.6) is 0 Å². The zero-order valence-corrected chi connectivity index (χ0v) is 30.9. The molecule has 1 aromatic carbocycles. The average Bonchev–Trinajstić information content (AvgIpc) is 3.75. The molecule has 1 saturated heterocycles. The average molecular weight is 736 g/mol. The highest BCUT2D eigenvalue weighted by Crippen LogP contribution is 2.45. The monoisotopic (exact) mass is 735 g/mol. The van der Waals surface area contributed by atoms with Crippen LogP contribution in [0.4, 0.5) is 10.6 Å². The van der Waals surface area contributed by atoms with E-state index in [0.29, 0.717) is 0 Å². The molecule has 17 heteroatoms. The van der Waals surface area contributed by atoms with E-state index in [1.54, 1.807) is 31.2 Å². The lowest BCUT2D eigenvalue weighted by atomic mass is 9.92. The van der Waals surface area contributed by atoms with Crippen LogP contribution in [0, 0.1) is 30.1 Å². The topological polar surface area (TPSA) is 207 Å². The predicted octanol–water partition coefficient (Wildman–Crippen LogP) is 4.66. The number of amides is 1. The number of benzene rings is 1. The van der Waals surface area contributed by atoms with Crippen LogP contribution >= 0.6 is 0 Å². The first kappa shape index (κ1) is 37.9. The number of rotatable bonds is 13. The third-order valence-corrected chi connectivity index (χ3v) is 9.46. The summed E-state index contributed by atoms with van der Waals surface area (Å²) in [5.41, 5.74) is -0.766. The molecule has 4 aromatic rings. The summed E-state index contributed by atoms with van der Waals surface area (Å²) in [7, 11) is -2.53. The molecular weight excluding hydrogens is 694 g/mol. The van der Waals surface area contributed by atoms with Gasteiger partial charge in [0.05, 0.1) is 18.0 Å². The summed E-state index contributed by atoms with van der Waals surface area (Å²) in [4.78, 5) is 54.7. The zero-order valence-electron chi connectivity index (χ0n) is 29.9. The lowest BCUT2D eigenvalue weighted by Gasteiger charge is -2.34. The summed E-state index contributed by atoms with van der Waals surface area (Å²) in [6, 6.07) is 14.4. The number of hydrogen-bond acceptors (Lipinski definition) is 14. The summed E-state index contributed by atoms with van der Waals surface area (Å²) < 4.78 is 41.1. The van der Waals surface area contributed by atoms with Crippen molar-refractivity contribution in [1.82, 2.24) is 14.6 Å². The van der Waals surface area contributed by atoms with Crippen LogP contribution in [0.15, 0.2) is 62.4 Å². The second-order valence-electron chi connectivity index (χ2n) is 13.7. The Kier molecular flexibility index (Phi) is 11.3. The van der Waals surface area contributed by atoms with Gasteiger partial charge >= 0.3 is 23.9 Å². The van der Waals surface area contributed by atoms with Crippen molar-refractivity contribution in [3.63, 3.8) is 0 Å². The van der Waals surface area contributed by atoms with Crippen LogP contribution in [0.2, 0.25) is 19.6 Å². The number of esters is 2. The largest absolute Gasteiger partial charge is 0.519 e. The van der Waals surface area contributed by atoms with Gasteiger partial charge in [-0.1, -0.05) is 51.1 Å². The van der Waals surface area contributed by atoms with Crippen molar-refractivity contribution in [2.75, 3.05) is 11.9 Å². The first-order chi connectivity index (χ1) is 24.6. The number of fused-ring (bicyclic) bond motifs is 1. The number of ether oxygens (including phenoxy) is 4. The van der Waals surface area contributed by atoms with Crippen molar-refractivity contribution in [3.05, 3.63) is 82.2 Å². The Morgan fingerprint density at radius 3 is 2.44 bits per heavy atom. The SMILES string of the molecule is Cc1oc(=O)oc1COC(=O)Nc1ncnn2c([C@]3(C#N)O[C@H](COC(=O)Cc4ccccc4)[C@@H](OC(=O)[C@@H](C)C(C)C)[C@H]3O[Si](C)(C)C)ccc12. The summed E-state index contributed by atoms with van der Waals surface area (Å²) in [6.45, 7) is 12.0. The van der Waals surface area contributed by atoms with Gasteiger partial charge in [0.2, 0.25) is 5.60 Å². The summed E-state index contributed by atoms with van der Waals surface area (Å²) in [5.74, 6) is -2.33. The van der Waals surface area contributed by atoms with Gasteiger partial charge in [-0.2, -0.15) is 10.4 Å². The highest BCUT2D eigenvalue weighted by atomic mass is 28.4. The van der Waals surface area contributed by atoms with E-state index in [1.807, 2.05) is 51.7 Å². The maximum absolute atomic E-state index is 13.5. The number of hydrogen-bond donors (Lipinski definition) is 1. The summed E-state index contributed by atoms with van der Waals surface area (Å²) in [6.07, 6.45) is -3.25. The molecule has 5 atom stereocenters. The molecule has 1 amide bonds. The lowest BCUT2D eigenvalue weighted by Crippen LogP contribution is -2.50. The molecule has 5 rings (SSSR count). The van der Waals surface area contributed by atoms with Crippen LogP contribution in [-0.2, 0) is 51.6 Å². The fourth-order valence-electron chi connectivity index (χ4n) is 5.53. The number of aromatic nitrogens is 3. The molecule has 0 aliphatic carbocycles. The predicted molar refractivity (Wildman–Crippen MR) is 184 cm³/mol. The van der Waals surface area contributed by atoms with Crippen molar-refractivity contribution in [2.45, 2.75) is 84.3 Å². The number of carbonyl (C=O) groups is 3. The first-order valence-electron chi connectivity index (χ1n) is 16.6. The van der Waals surface area contributed by atoms with E-state index < -0.39 is 62.0 Å². The molecule has 1 aliphatic rings. The van der Waals surface area contributed by atoms with Crippen molar-refractivity contribution in [1.29, 1.82) is 5.26 Å². The van der Waals surface area contributed by atoms with Crippen LogP contribution in [0.1, 0.15) is 43.5 Å². The molecule has 16 nitrogen and oxygen atoms in total. The Balaban J connectivity index is 1.49. The number of nitrogens with one attached hydrogen (secondary N) is 1. The minimum atomic E-state index is -2.53. The molecule has 3 aromatic heterocycles. The van der Waals surface area contributed by atoms with Crippen LogP contribution in [0.3, 0.4) is 0 Å². The Morgan fingerprint density at radius 1 is 1.08 bits per heavy atom. The van der Waals surface area contributed by atoms with Gasteiger partial charge in [0.15, 0.2) is 38.4 Å². The van der Waals surface area contributed by atoms with E-state index in [-0.39, 0.29) is 54.1 Å². The summed E-state index contributed by atoms with van der Waals surface area (Å²) >= 11 is 0. The third-order valence-electron chi connectivity index (χ3n) is 8.50. The molecule has 0 saturated carbocycles. The van der Waals surface area contributed by atoms with E-state index in [9.17, 15) is 24.4 Å². The van der Waals surface area contributed by atoms with E-state index in [1.165, 1.54) is 11.4 Å². The van der Waals surface area contributed by atoms with Crippen LogP contribution in [-0.4, -0.2) is 65.9 Å². The quantitative estimate of drug-likeness (QED) is 0.113. The molecule has 276 valence electrons. The minimum absolute atomic E-state index is 0.00473. The second kappa shape index (κ2) is 15.5. The van der Waals surface area contributed by atoms with E-state index in [0.717, 1.165) is 11.9 Å². The number of carbonyl (C=O) groups excluding carboxylic acids is 3. The zero-order chi connectivity index (χ0) is 37.8. The normalized spacial score (nSPS) is 20.7. The molecule has 0 unspecified atom stereocenters. The van der Waals surface area contributed by atoms with Crippen molar-refractivity contribution < 1.29 is 46.6 Å². The molecule has 52 heavy (non-hydrogen) atoms. The molecule has 0 spiro atoms. The molecule has 0 radical (unpaired) electrons. The highest BCUT2D eigenvalue weighted by molar-refractivity contribution is 6.69. The number of nitriles is 1. The minimum Gasteiger partial charge on any atom is -0.463 e. The third kappa shape index (κ3) is 8.41. The van der Waals surface area contributed by atoms with Gasteiger partial charge in [-0.15, -0.1) is 0 Å². The van der Waals surface area contributed by atoms with Gasteiger partial charge in [0.1, 0.15) is 36.7 Å². The molecule has 0 bridgehead atoms. The highest BCUT2D eigenvalue weighted by Gasteiger charge is 2.62. The Labute approximate surface area is 300 Å². The van der Waals surface area contributed by atoms with Gasteiger partial charge in [-0.05, 0) is 50.2 Å². The maximum atomic E-state index is 13.5. The molecular formula is C35H41N5O11Si. The lowest BCUT2D eigenvalue weighted by molar-refractivity contribution is -0.164. The number of anilines is 1. The van der Waals surface area contributed by atoms with Gasteiger partial charge in [0, 0.05) is 0 Å². The number of aryl methyl sites for hydroxylation is 1. The molecule has 1 fully saturated rings. The standard InChI is InChI=1S/C35H41N5O11Si/c1-20(2)21(3)32(42)49-29-26(17-45-28(41)15-23-11-9-8-10-12-23)50-35(18-36,30(29)51-52(5,6)7)27-14-13-24-31(37-19-38-40(24)27)39-33(43)46-16-25-22(4)47-34(44)48-25/h8-14,19-21,26,29-30H,15-17H2,1-7H3,(H,37,38,39,43)/t21-,26+,29+,30+,35-/m0/s1. The first-order valence-corrected chi connectivity index (χ1v) is 20.1. The van der Waals surface area contributed by atoms with Crippen molar-refractivity contribution in [3.8, 4) is 6.07 Å². The summed E-state index contributed by atoms with van der Waals surface area (Å²) in [5, 5.41) is 17.9. The van der Waals surface area contributed by atoms with Crippen LogP contribution in [0.25, 0.3) is 5.52 Å². The number of nitrogens with zero attached hydrogens (tertiary/aromatic N) is 4. The fourth-order valence-corrected chi connectivity index (χ4v) is 6.60. The Bertz CT molecular complexity index is 2010. The van der Waals surface area contributed by atoms with E-state index >= 15 is 0 Å². The molecule has 1 N–H and O–H groups in total. The van der Waals surface area contributed by atoms with Crippen molar-refractivity contribution in [2.24, 2.45) is 11.8 Å². The van der Waals surface area contributed by atoms with E-state index in [2.05, 4.69) is 21.5 Å². The smallest absolute Gasteiger partial charge is 0.463 e. The van der Waals surface area contributed by atoms with Crippen LogP contribution < -0.4 is 11.1 Å². The van der Waals surface area contributed by atoms with Crippen molar-refractivity contribution >= 4 is 37.7 Å². The van der Waals surface area contributed by atoms with E-state index in [4.69, 9.17) is 32.2 Å². The molecule has 4 heterocycles. The van der Waals surface area contributed by atoms with Gasteiger partial charge < -0.3 is 32.2 Å². The van der Waals surface area contributed by atoms with Gasteiger partial charge in [-0.25, -0.2) is 19.1 Å². The fraction of sp³-hybridized carbons (Fsp3) is 0.457.